The molecule has 6 nitrogen and oxygen atoms in total. The summed E-state index contributed by atoms with van der Waals surface area (Å²) in [6.07, 6.45) is -9.26. The number of hydrogen-bond acceptors (Lipinski definition) is 5. The second kappa shape index (κ2) is 7.27. The molecule has 0 amide bonds. The monoisotopic (exact) mass is 451 g/mol. The lowest BCUT2D eigenvalue weighted by Gasteiger charge is -2.18. The number of carbonyl (C=O) groups is 1. The number of aromatic nitrogens is 3. The van der Waals surface area contributed by atoms with E-state index in [4.69, 9.17) is 11.6 Å². The molecular formula is C17H8ClF6N3O3. The number of pyridine rings is 3. The van der Waals surface area contributed by atoms with Gasteiger partial charge in [0.1, 0.15) is 16.9 Å². The van der Waals surface area contributed by atoms with Gasteiger partial charge in [-0.3, -0.25) is 9.36 Å². The molecular weight excluding hydrogens is 444 g/mol. The van der Waals surface area contributed by atoms with E-state index in [1.54, 1.807) is 0 Å². The first-order chi connectivity index (χ1) is 13.9. The maximum absolute atomic E-state index is 13.4. The zero-order chi connectivity index (χ0) is 22.4. The first-order valence-corrected chi connectivity index (χ1v) is 8.19. The molecule has 3 heterocycles. The molecule has 30 heavy (non-hydrogen) atoms. The Hall–Kier alpha value is -3.15. The molecule has 0 aliphatic heterocycles. The third kappa shape index (κ3) is 3.58. The van der Waals surface area contributed by atoms with Crippen molar-refractivity contribution < 1.29 is 35.9 Å². The van der Waals surface area contributed by atoms with Crippen LogP contribution in [0.5, 0.6) is 0 Å². The quantitative estimate of drug-likeness (QED) is 0.430. The van der Waals surface area contributed by atoms with Crippen molar-refractivity contribution in [2.45, 2.75) is 12.4 Å². The lowest BCUT2D eigenvalue weighted by Crippen LogP contribution is -2.30. The third-order valence-corrected chi connectivity index (χ3v) is 4.33. The summed E-state index contributed by atoms with van der Waals surface area (Å²) in [4.78, 5) is 31.4. The summed E-state index contributed by atoms with van der Waals surface area (Å²) in [5, 5.41) is -0.988. The van der Waals surface area contributed by atoms with E-state index in [-0.39, 0.29) is 9.95 Å². The molecule has 3 aromatic rings. The number of halogens is 7. The Kier molecular flexibility index (Phi) is 5.23. The molecule has 0 saturated heterocycles. The zero-order valence-electron chi connectivity index (χ0n) is 14.6. The van der Waals surface area contributed by atoms with Gasteiger partial charge in [-0.2, -0.15) is 26.3 Å². The van der Waals surface area contributed by atoms with Crippen molar-refractivity contribution in [1.82, 2.24) is 14.5 Å². The van der Waals surface area contributed by atoms with Gasteiger partial charge in [-0.1, -0.05) is 11.6 Å². The Morgan fingerprint density at radius 3 is 2.33 bits per heavy atom. The van der Waals surface area contributed by atoms with Crippen molar-refractivity contribution in [2.24, 2.45) is 0 Å². The number of rotatable bonds is 2. The van der Waals surface area contributed by atoms with Gasteiger partial charge < -0.3 is 4.74 Å². The van der Waals surface area contributed by atoms with Crippen LogP contribution in [0, 0.1) is 0 Å². The van der Waals surface area contributed by atoms with Crippen molar-refractivity contribution in [3.8, 4) is 5.69 Å². The molecule has 13 heteroatoms. The third-order valence-electron chi connectivity index (χ3n) is 3.94. The van der Waals surface area contributed by atoms with Crippen molar-refractivity contribution in [3.63, 3.8) is 0 Å². The molecule has 0 atom stereocenters. The van der Waals surface area contributed by atoms with E-state index in [2.05, 4.69) is 14.7 Å². The Labute approximate surface area is 167 Å². The molecule has 0 N–H and O–H groups in total. The zero-order valence-corrected chi connectivity index (χ0v) is 15.4. The molecule has 0 saturated carbocycles. The van der Waals surface area contributed by atoms with Gasteiger partial charge in [0, 0.05) is 11.6 Å². The highest BCUT2D eigenvalue weighted by atomic mass is 35.5. The fourth-order valence-electron chi connectivity index (χ4n) is 2.68. The average molecular weight is 452 g/mol. The number of nitrogens with zero attached hydrogens (tertiary/aromatic N) is 3. The molecule has 0 unspecified atom stereocenters. The average Bonchev–Trinajstić information content (AvgIpc) is 2.66. The number of hydrogen-bond donors (Lipinski definition) is 0. The Bertz CT molecular complexity index is 1220. The summed E-state index contributed by atoms with van der Waals surface area (Å²) in [6.45, 7) is 0. The highest BCUT2D eigenvalue weighted by molar-refractivity contribution is 6.38. The Balaban J connectivity index is 2.58. The molecule has 158 valence electrons. The van der Waals surface area contributed by atoms with Gasteiger partial charge in [0.05, 0.1) is 17.8 Å². The number of fused-ring (bicyclic) bond motifs is 1. The number of methoxy groups -OCH3 is 1. The second-order valence-electron chi connectivity index (χ2n) is 5.76. The van der Waals surface area contributed by atoms with E-state index in [0.29, 0.717) is 6.07 Å². The molecule has 0 radical (unpaired) electrons. The van der Waals surface area contributed by atoms with Gasteiger partial charge in [0.15, 0.2) is 5.69 Å². The van der Waals surface area contributed by atoms with Crippen LogP contribution in [0.15, 0.2) is 35.3 Å². The SMILES string of the molecule is COC(=O)c1c(Cl)c2ccc(C(F)(F)F)nc2n(-c2cccnc2C(F)(F)F)c1=O. The minimum Gasteiger partial charge on any atom is -0.465 e. The van der Waals surface area contributed by atoms with E-state index in [1.807, 2.05) is 0 Å². The molecule has 0 aliphatic carbocycles. The van der Waals surface area contributed by atoms with E-state index >= 15 is 0 Å². The topological polar surface area (TPSA) is 74.1 Å². The fourth-order valence-corrected chi connectivity index (χ4v) is 2.99. The predicted octanol–water partition coefficient (Wildman–Crippen LogP) is 4.26. The second-order valence-corrected chi connectivity index (χ2v) is 6.13. The van der Waals surface area contributed by atoms with Gasteiger partial charge in [0.25, 0.3) is 5.56 Å². The fraction of sp³-hybridized carbons (Fsp3) is 0.176. The van der Waals surface area contributed by atoms with Crippen LogP contribution < -0.4 is 5.56 Å². The van der Waals surface area contributed by atoms with Crippen LogP contribution in [0.4, 0.5) is 26.3 Å². The number of alkyl halides is 6. The highest BCUT2D eigenvalue weighted by Crippen LogP contribution is 2.35. The molecule has 3 aromatic heterocycles. The van der Waals surface area contributed by atoms with Crippen molar-refractivity contribution in [1.29, 1.82) is 0 Å². The maximum atomic E-state index is 13.4. The van der Waals surface area contributed by atoms with Gasteiger partial charge >= 0.3 is 18.3 Å². The van der Waals surface area contributed by atoms with Crippen molar-refractivity contribution in [3.05, 3.63) is 62.8 Å². The van der Waals surface area contributed by atoms with E-state index in [0.717, 1.165) is 31.5 Å². The van der Waals surface area contributed by atoms with Gasteiger partial charge in [0.2, 0.25) is 0 Å². The Morgan fingerprint density at radius 2 is 1.77 bits per heavy atom. The summed E-state index contributed by atoms with van der Waals surface area (Å²) in [7, 11) is 0.892. The summed E-state index contributed by atoms with van der Waals surface area (Å²) < 4.78 is 84.4. The number of esters is 1. The van der Waals surface area contributed by atoms with Crippen LogP contribution >= 0.6 is 11.6 Å². The van der Waals surface area contributed by atoms with Crippen molar-refractivity contribution in [2.75, 3.05) is 7.11 Å². The van der Waals surface area contributed by atoms with Crippen LogP contribution in [0.1, 0.15) is 21.7 Å². The van der Waals surface area contributed by atoms with Crippen LogP contribution in [0.25, 0.3) is 16.7 Å². The molecule has 0 aliphatic rings. The predicted molar refractivity (Wildman–Crippen MR) is 91.5 cm³/mol. The van der Waals surface area contributed by atoms with E-state index < -0.39 is 57.2 Å². The number of carbonyl (C=O) groups excluding carboxylic acids is 1. The molecule has 3 rings (SSSR count). The smallest absolute Gasteiger partial charge is 0.435 e. The highest BCUT2D eigenvalue weighted by Gasteiger charge is 2.38. The minimum atomic E-state index is -5.07. The maximum Gasteiger partial charge on any atom is 0.435 e. The summed E-state index contributed by atoms with van der Waals surface area (Å²) in [5.41, 5.74) is -7.16. The summed E-state index contributed by atoms with van der Waals surface area (Å²) >= 11 is 6.00. The molecule has 0 aromatic carbocycles. The van der Waals surface area contributed by atoms with Crippen LogP contribution in [-0.2, 0) is 17.1 Å². The lowest BCUT2D eigenvalue weighted by atomic mass is 10.1. The molecule has 0 fully saturated rings. The van der Waals surface area contributed by atoms with Crippen molar-refractivity contribution >= 4 is 28.6 Å². The molecule has 0 spiro atoms. The normalized spacial score (nSPS) is 12.3. The van der Waals surface area contributed by atoms with Crippen LogP contribution in [0.3, 0.4) is 0 Å². The van der Waals surface area contributed by atoms with Gasteiger partial charge in [-0.15, -0.1) is 0 Å². The molecule has 0 bridgehead atoms. The standard InChI is InChI=1S/C17H8ClF6N3O3/c1-30-15(29)10-11(18)7-4-5-9(16(19,20)21)26-13(7)27(14(10)28)8-3-2-6-25-12(8)17(22,23)24/h2-6H,1H3. The first-order valence-electron chi connectivity index (χ1n) is 7.81. The first kappa shape index (κ1) is 21.6. The van der Waals surface area contributed by atoms with Crippen LogP contribution in [0.2, 0.25) is 5.02 Å². The van der Waals surface area contributed by atoms with Gasteiger partial charge in [-0.25, -0.2) is 14.8 Å². The largest absolute Gasteiger partial charge is 0.465 e. The lowest BCUT2D eigenvalue weighted by molar-refractivity contribution is -0.142. The van der Waals surface area contributed by atoms with Crippen LogP contribution in [-0.4, -0.2) is 27.6 Å². The summed E-state index contributed by atoms with van der Waals surface area (Å²) in [5.74, 6) is -1.29. The minimum absolute atomic E-state index is 0.207. The van der Waals surface area contributed by atoms with E-state index in [9.17, 15) is 35.9 Å². The summed E-state index contributed by atoms with van der Waals surface area (Å²) in [6, 6.07) is 3.13. The van der Waals surface area contributed by atoms with E-state index in [1.165, 1.54) is 0 Å². The Morgan fingerprint density at radius 1 is 1.10 bits per heavy atom. The number of ether oxygens (including phenoxy) is 1. The van der Waals surface area contributed by atoms with Gasteiger partial charge in [-0.05, 0) is 24.3 Å².